The summed E-state index contributed by atoms with van der Waals surface area (Å²) in [6.07, 6.45) is 2.98. The van der Waals surface area contributed by atoms with Crippen LogP contribution >= 0.6 is 0 Å². The van der Waals surface area contributed by atoms with Crippen molar-refractivity contribution in [1.82, 2.24) is 15.1 Å². The molecular formula is C25H33N7O4. The minimum Gasteiger partial charge on any atom is -0.369 e. The Morgan fingerprint density at radius 2 is 1.81 bits per heavy atom. The number of nitrogens with one attached hydrogen (secondary N) is 1. The summed E-state index contributed by atoms with van der Waals surface area (Å²) in [7, 11) is 2.11. The second kappa shape index (κ2) is 10.1. The number of carbonyl (C=O) groups is 3. The molecule has 1 aromatic rings. The van der Waals surface area contributed by atoms with E-state index in [1.165, 1.54) is 4.90 Å². The average Bonchev–Trinajstić information content (AvgIpc) is 3.45. The van der Waals surface area contributed by atoms with Crippen molar-refractivity contribution in [2.75, 3.05) is 51.3 Å². The molecule has 1 aromatic carbocycles. The first-order chi connectivity index (χ1) is 17.4. The molecule has 4 fully saturated rings. The van der Waals surface area contributed by atoms with Crippen molar-refractivity contribution < 1.29 is 19.1 Å². The number of carbonyl (C=O) groups excluding carboxylic acids is 3. The second-order valence-corrected chi connectivity index (χ2v) is 10.4. The predicted molar refractivity (Wildman–Crippen MR) is 133 cm³/mol. The third kappa shape index (κ3) is 4.54. The predicted octanol–water partition coefficient (Wildman–Crippen LogP) is 1.73. The van der Waals surface area contributed by atoms with Gasteiger partial charge in [0.15, 0.2) is 5.78 Å². The Morgan fingerprint density at radius 3 is 2.47 bits per heavy atom. The number of likely N-dealkylation sites (tertiary alicyclic amines) is 1. The van der Waals surface area contributed by atoms with Crippen molar-refractivity contribution in [3.05, 3.63) is 40.3 Å². The Morgan fingerprint density at radius 1 is 1.11 bits per heavy atom. The van der Waals surface area contributed by atoms with Crippen LogP contribution in [0, 0.1) is 0 Å². The molecule has 0 spiro atoms. The van der Waals surface area contributed by atoms with Gasteiger partial charge in [-0.05, 0) is 49.7 Å². The summed E-state index contributed by atoms with van der Waals surface area (Å²) >= 11 is 0. The number of amides is 2. The number of piperazine rings is 1. The molecule has 3 saturated heterocycles. The van der Waals surface area contributed by atoms with Gasteiger partial charge in [0.2, 0.25) is 5.91 Å². The Balaban J connectivity index is 1.34. The number of likely N-dealkylation sites (N-methyl/N-ethyl adjacent to an activating group) is 1. The van der Waals surface area contributed by atoms with E-state index in [9.17, 15) is 14.4 Å². The van der Waals surface area contributed by atoms with Gasteiger partial charge in [-0.3, -0.25) is 14.4 Å². The van der Waals surface area contributed by atoms with Crippen molar-refractivity contribution in [3.8, 4) is 0 Å². The molecule has 3 heterocycles. The van der Waals surface area contributed by atoms with Crippen LogP contribution in [0.5, 0.6) is 0 Å². The summed E-state index contributed by atoms with van der Waals surface area (Å²) in [5, 5.41) is 6.84. The van der Waals surface area contributed by atoms with Gasteiger partial charge in [-0.1, -0.05) is 24.4 Å². The fourth-order valence-electron chi connectivity index (χ4n) is 6.01. The summed E-state index contributed by atoms with van der Waals surface area (Å²) < 4.78 is 5.57. The van der Waals surface area contributed by atoms with E-state index in [1.54, 1.807) is 0 Å². The van der Waals surface area contributed by atoms with Gasteiger partial charge in [0.25, 0.3) is 5.91 Å². The van der Waals surface area contributed by atoms with Crippen molar-refractivity contribution in [1.29, 1.82) is 0 Å². The minimum atomic E-state index is -1.09. The van der Waals surface area contributed by atoms with Crippen LogP contribution in [-0.2, 0) is 14.3 Å². The van der Waals surface area contributed by atoms with Gasteiger partial charge in [-0.25, -0.2) is 0 Å². The quantitative estimate of drug-likeness (QED) is 0.376. The number of benzene rings is 1. The highest BCUT2D eigenvalue weighted by atomic mass is 16.5. The SMILES string of the molecule is CN1CCN(c2ccc(C(=O)NC3(C(=O)N4C[C@H](N=[N+]=[N-])[C@H]5OCC(=O)[C@H]54)CCCCC3)cc2)CC1. The molecular weight excluding hydrogens is 462 g/mol. The molecule has 3 atom stereocenters. The largest absolute Gasteiger partial charge is 0.369 e. The highest BCUT2D eigenvalue weighted by Gasteiger charge is 2.56. The standard InChI is InChI=1S/C25H33N7O4/c1-30-11-13-31(14-12-30)18-7-5-17(6-8-18)23(34)27-25(9-3-2-4-10-25)24(35)32-15-19(28-29-26)22-21(32)20(33)16-36-22/h5-8,19,21-22H,2-4,9-16H2,1H3,(H,27,34)/t19-,21+,22+/m0/s1. The van der Waals surface area contributed by atoms with Gasteiger partial charge in [0, 0.05) is 48.9 Å². The maximum absolute atomic E-state index is 14.0. The number of anilines is 1. The molecule has 5 rings (SSSR count). The van der Waals surface area contributed by atoms with Crippen LogP contribution in [0.25, 0.3) is 10.4 Å². The molecule has 11 heteroatoms. The van der Waals surface area contributed by atoms with Crippen LogP contribution in [0.3, 0.4) is 0 Å². The molecule has 3 aliphatic heterocycles. The first-order valence-corrected chi connectivity index (χ1v) is 12.8. The second-order valence-electron chi connectivity index (χ2n) is 10.4. The lowest BCUT2D eigenvalue weighted by Crippen LogP contribution is -2.62. The number of rotatable bonds is 5. The lowest BCUT2D eigenvalue weighted by molar-refractivity contribution is -0.143. The molecule has 0 aromatic heterocycles. The Labute approximate surface area is 210 Å². The summed E-state index contributed by atoms with van der Waals surface area (Å²) in [4.78, 5) is 48.9. The molecule has 192 valence electrons. The zero-order chi connectivity index (χ0) is 25.3. The van der Waals surface area contributed by atoms with E-state index in [0.717, 1.165) is 51.1 Å². The fraction of sp³-hybridized carbons (Fsp3) is 0.640. The molecule has 1 N–H and O–H groups in total. The summed E-state index contributed by atoms with van der Waals surface area (Å²) in [5.41, 5.74) is 9.43. The molecule has 0 radical (unpaired) electrons. The minimum absolute atomic E-state index is 0.102. The molecule has 11 nitrogen and oxygen atoms in total. The normalized spacial score (nSPS) is 27.9. The number of azide groups is 1. The van der Waals surface area contributed by atoms with Crippen molar-refractivity contribution >= 4 is 23.3 Å². The highest BCUT2D eigenvalue weighted by Crippen LogP contribution is 2.36. The highest BCUT2D eigenvalue weighted by molar-refractivity contribution is 6.01. The van der Waals surface area contributed by atoms with Gasteiger partial charge in [-0.2, -0.15) is 0 Å². The maximum atomic E-state index is 14.0. The number of fused-ring (bicyclic) bond motifs is 1. The molecule has 0 bridgehead atoms. The fourth-order valence-corrected chi connectivity index (χ4v) is 6.01. The summed E-state index contributed by atoms with van der Waals surface area (Å²) in [6.45, 7) is 3.89. The lowest BCUT2D eigenvalue weighted by Gasteiger charge is -2.40. The first-order valence-electron chi connectivity index (χ1n) is 12.8. The van der Waals surface area contributed by atoms with E-state index in [4.69, 9.17) is 10.3 Å². The van der Waals surface area contributed by atoms with E-state index in [2.05, 4.69) is 32.2 Å². The van der Waals surface area contributed by atoms with Crippen LogP contribution in [-0.4, -0.2) is 97.5 Å². The number of nitrogens with zero attached hydrogens (tertiary/aromatic N) is 6. The van der Waals surface area contributed by atoms with E-state index in [0.29, 0.717) is 18.4 Å². The van der Waals surface area contributed by atoms with Gasteiger partial charge < -0.3 is 24.8 Å². The van der Waals surface area contributed by atoms with Crippen molar-refractivity contribution in [2.24, 2.45) is 5.11 Å². The van der Waals surface area contributed by atoms with Crippen molar-refractivity contribution in [2.45, 2.75) is 55.8 Å². The summed E-state index contributed by atoms with van der Waals surface area (Å²) in [6, 6.07) is 6.14. The zero-order valence-electron chi connectivity index (χ0n) is 20.6. The third-order valence-corrected chi connectivity index (χ3v) is 8.09. The molecule has 36 heavy (non-hydrogen) atoms. The van der Waals surface area contributed by atoms with Gasteiger partial charge >= 0.3 is 0 Å². The van der Waals surface area contributed by atoms with Crippen LogP contribution in [0.2, 0.25) is 0 Å². The smallest absolute Gasteiger partial charge is 0.252 e. The first kappa shape index (κ1) is 24.5. The zero-order valence-corrected chi connectivity index (χ0v) is 20.6. The number of hydrogen-bond acceptors (Lipinski definition) is 7. The monoisotopic (exact) mass is 495 g/mol. The lowest BCUT2D eigenvalue weighted by atomic mass is 9.80. The average molecular weight is 496 g/mol. The van der Waals surface area contributed by atoms with E-state index >= 15 is 0 Å². The topological polar surface area (TPSA) is 131 Å². The number of ether oxygens (including phenoxy) is 1. The van der Waals surface area contributed by atoms with Crippen molar-refractivity contribution in [3.63, 3.8) is 0 Å². The van der Waals surface area contributed by atoms with E-state index in [1.807, 2.05) is 24.3 Å². The molecule has 1 aliphatic carbocycles. The van der Waals surface area contributed by atoms with Crippen LogP contribution in [0.4, 0.5) is 5.69 Å². The Bertz CT molecular complexity index is 1060. The molecule has 0 unspecified atom stereocenters. The van der Waals surface area contributed by atoms with Gasteiger partial charge in [0.1, 0.15) is 18.2 Å². The van der Waals surface area contributed by atoms with Crippen LogP contribution in [0.1, 0.15) is 42.5 Å². The Kier molecular flexibility index (Phi) is 6.87. The number of ketones is 1. The molecule has 1 saturated carbocycles. The third-order valence-electron chi connectivity index (χ3n) is 8.09. The van der Waals surface area contributed by atoms with Gasteiger partial charge in [-0.15, -0.1) is 0 Å². The molecule has 4 aliphatic rings. The maximum Gasteiger partial charge on any atom is 0.252 e. The van der Waals surface area contributed by atoms with Crippen LogP contribution in [0.15, 0.2) is 29.4 Å². The van der Waals surface area contributed by atoms with E-state index < -0.39 is 23.7 Å². The van der Waals surface area contributed by atoms with Crippen LogP contribution < -0.4 is 10.2 Å². The number of Topliss-reactive ketones (excluding diaryl/α,β-unsaturated/α-hetero) is 1. The molecule has 2 amide bonds. The number of hydrogen-bond donors (Lipinski definition) is 1. The summed E-state index contributed by atoms with van der Waals surface area (Å²) in [5.74, 6) is -0.776. The Hall–Kier alpha value is -3.14. The van der Waals surface area contributed by atoms with Gasteiger partial charge in [0.05, 0.1) is 12.1 Å². The van der Waals surface area contributed by atoms with E-state index in [-0.39, 0.29) is 30.7 Å².